The number of nitriles is 1. The monoisotopic (exact) mass is 242 g/mol. The Bertz CT molecular complexity index is 449. The average Bonchev–Trinajstić information content (AvgIpc) is 2.82. The standard InChI is InChI=1S/C15H18N2O/c1-12-6-5-9-17(12)15(18)14(11-16)10-13-7-3-2-4-8-13/h2-4,7-8,12,14H,5-6,9-10H2,1H3. The molecule has 0 bridgehead atoms. The average molecular weight is 242 g/mol. The lowest BCUT2D eigenvalue weighted by Gasteiger charge is -2.23. The van der Waals surface area contributed by atoms with Crippen molar-refractivity contribution in [3.8, 4) is 6.07 Å². The SMILES string of the molecule is CC1CCCN1C(=O)C(C#N)Cc1ccccc1. The Morgan fingerprint density at radius 2 is 2.22 bits per heavy atom. The molecule has 1 aliphatic heterocycles. The minimum absolute atomic E-state index is 0.00801. The van der Waals surface area contributed by atoms with E-state index in [4.69, 9.17) is 0 Å². The summed E-state index contributed by atoms with van der Waals surface area (Å²) in [4.78, 5) is 14.2. The predicted octanol–water partition coefficient (Wildman–Crippen LogP) is 2.38. The summed E-state index contributed by atoms with van der Waals surface area (Å²) in [5.41, 5.74) is 1.05. The Hall–Kier alpha value is -1.82. The molecule has 94 valence electrons. The number of carbonyl (C=O) groups is 1. The maximum Gasteiger partial charge on any atom is 0.240 e. The highest BCUT2D eigenvalue weighted by atomic mass is 16.2. The number of likely N-dealkylation sites (tertiary alicyclic amines) is 1. The summed E-state index contributed by atoms with van der Waals surface area (Å²) < 4.78 is 0. The first kappa shape index (κ1) is 12.6. The first-order valence-electron chi connectivity index (χ1n) is 6.46. The molecule has 3 nitrogen and oxygen atoms in total. The van der Waals surface area contributed by atoms with Gasteiger partial charge in [-0.25, -0.2) is 0 Å². The molecule has 1 aliphatic rings. The number of benzene rings is 1. The van der Waals surface area contributed by atoms with E-state index >= 15 is 0 Å². The second kappa shape index (κ2) is 5.68. The van der Waals surface area contributed by atoms with Crippen molar-refractivity contribution >= 4 is 5.91 Å². The smallest absolute Gasteiger partial charge is 0.240 e. The molecular formula is C15H18N2O. The highest BCUT2D eigenvalue weighted by Crippen LogP contribution is 2.20. The molecular weight excluding hydrogens is 224 g/mol. The quantitative estimate of drug-likeness (QED) is 0.816. The number of nitrogens with zero attached hydrogens (tertiary/aromatic N) is 2. The molecule has 1 aromatic carbocycles. The fourth-order valence-corrected chi connectivity index (χ4v) is 2.50. The van der Waals surface area contributed by atoms with Crippen molar-refractivity contribution in [1.82, 2.24) is 4.90 Å². The third kappa shape index (κ3) is 2.70. The minimum atomic E-state index is -0.548. The van der Waals surface area contributed by atoms with Crippen LogP contribution < -0.4 is 0 Å². The number of hydrogen-bond donors (Lipinski definition) is 0. The number of carbonyl (C=O) groups excluding carboxylic acids is 1. The van der Waals surface area contributed by atoms with Crippen LogP contribution >= 0.6 is 0 Å². The van der Waals surface area contributed by atoms with Crippen molar-refractivity contribution in [3.63, 3.8) is 0 Å². The van der Waals surface area contributed by atoms with Crippen molar-refractivity contribution in [2.45, 2.75) is 32.2 Å². The summed E-state index contributed by atoms with van der Waals surface area (Å²) in [5, 5.41) is 9.21. The molecule has 1 saturated heterocycles. The van der Waals surface area contributed by atoms with E-state index in [1.54, 1.807) is 0 Å². The van der Waals surface area contributed by atoms with Gasteiger partial charge in [0.2, 0.25) is 5.91 Å². The van der Waals surface area contributed by atoms with Gasteiger partial charge in [-0.1, -0.05) is 30.3 Å². The van der Waals surface area contributed by atoms with Crippen molar-refractivity contribution in [2.24, 2.45) is 5.92 Å². The summed E-state index contributed by atoms with van der Waals surface area (Å²) >= 11 is 0. The van der Waals surface area contributed by atoms with E-state index in [0.717, 1.165) is 24.9 Å². The summed E-state index contributed by atoms with van der Waals surface area (Å²) in [6.07, 6.45) is 2.62. The van der Waals surface area contributed by atoms with Gasteiger partial charge in [0, 0.05) is 12.6 Å². The van der Waals surface area contributed by atoms with Crippen LogP contribution in [-0.4, -0.2) is 23.4 Å². The van der Waals surface area contributed by atoms with Crippen LogP contribution in [0.4, 0.5) is 0 Å². The topological polar surface area (TPSA) is 44.1 Å². The van der Waals surface area contributed by atoms with E-state index < -0.39 is 5.92 Å². The van der Waals surface area contributed by atoms with Crippen molar-refractivity contribution < 1.29 is 4.79 Å². The number of rotatable bonds is 3. The first-order chi connectivity index (χ1) is 8.72. The molecule has 0 radical (unpaired) electrons. The predicted molar refractivity (Wildman–Crippen MR) is 69.7 cm³/mol. The largest absolute Gasteiger partial charge is 0.339 e. The Kier molecular flexibility index (Phi) is 3.99. The Labute approximate surface area is 108 Å². The van der Waals surface area contributed by atoms with Gasteiger partial charge in [0.25, 0.3) is 0 Å². The fourth-order valence-electron chi connectivity index (χ4n) is 2.50. The Morgan fingerprint density at radius 1 is 1.50 bits per heavy atom. The van der Waals surface area contributed by atoms with Crippen LogP contribution in [0, 0.1) is 17.2 Å². The second-order valence-electron chi connectivity index (χ2n) is 4.89. The number of amides is 1. The van der Waals surface area contributed by atoms with Crippen LogP contribution in [0.25, 0.3) is 0 Å². The molecule has 2 unspecified atom stereocenters. The molecule has 18 heavy (non-hydrogen) atoms. The molecule has 2 rings (SSSR count). The van der Waals surface area contributed by atoms with Gasteiger partial charge in [0.1, 0.15) is 5.92 Å². The first-order valence-corrected chi connectivity index (χ1v) is 6.46. The zero-order valence-corrected chi connectivity index (χ0v) is 10.7. The molecule has 0 spiro atoms. The second-order valence-corrected chi connectivity index (χ2v) is 4.89. The van der Waals surface area contributed by atoms with Crippen molar-refractivity contribution in [3.05, 3.63) is 35.9 Å². The molecule has 1 heterocycles. The van der Waals surface area contributed by atoms with Crippen LogP contribution in [0.3, 0.4) is 0 Å². The van der Waals surface area contributed by atoms with Gasteiger partial charge >= 0.3 is 0 Å². The zero-order valence-electron chi connectivity index (χ0n) is 10.7. The van der Waals surface area contributed by atoms with Crippen LogP contribution in [-0.2, 0) is 11.2 Å². The fraction of sp³-hybridized carbons (Fsp3) is 0.467. The molecule has 1 fully saturated rings. The van der Waals surface area contributed by atoms with Gasteiger partial charge < -0.3 is 4.90 Å². The van der Waals surface area contributed by atoms with E-state index in [1.807, 2.05) is 35.2 Å². The summed E-state index contributed by atoms with van der Waals surface area (Å²) in [7, 11) is 0. The molecule has 2 atom stereocenters. The van der Waals surface area contributed by atoms with Gasteiger partial charge in [0.15, 0.2) is 0 Å². The van der Waals surface area contributed by atoms with E-state index in [0.29, 0.717) is 6.42 Å². The van der Waals surface area contributed by atoms with Crippen LogP contribution in [0.5, 0.6) is 0 Å². The van der Waals surface area contributed by atoms with Gasteiger partial charge in [-0.15, -0.1) is 0 Å². The van der Waals surface area contributed by atoms with Gasteiger partial charge in [0.05, 0.1) is 6.07 Å². The highest BCUT2D eigenvalue weighted by molar-refractivity contribution is 5.82. The van der Waals surface area contributed by atoms with Crippen LogP contribution in [0.15, 0.2) is 30.3 Å². The highest BCUT2D eigenvalue weighted by Gasteiger charge is 2.30. The molecule has 3 heteroatoms. The lowest BCUT2D eigenvalue weighted by atomic mass is 9.99. The normalized spacial score (nSPS) is 20.4. The lowest BCUT2D eigenvalue weighted by molar-refractivity contribution is -0.134. The lowest BCUT2D eigenvalue weighted by Crippen LogP contribution is -2.38. The summed E-state index contributed by atoms with van der Waals surface area (Å²) in [6, 6.07) is 12.2. The Balaban J connectivity index is 2.05. The van der Waals surface area contributed by atoms with E-state index in [1.165, 1.54) is 0 Å². The third-order valence-corrected chi connectivity index (χ3v) is 3.57. The van der Waals surface area contributed by atoms with Crippen molar-refractivity contribution in [2.75, 3.05) is 6.54 Å². The zero-order chi connectivity index (χ0) is 13.0. The molecule has 0 N–H and O–H groups in total. The van der Waals surface area contributed by atoms with Gasteiger partial charge in [-0.05, 0) is 31.7 Å². The molecule has 1 amide bonds. The van der Waals surface area contributed by atoms with Crippen LogP contribution in [0.2, 0.25) is 0 Å². The Morgan fingerprint density at radius 3 is 2.78 bits per heavy atom. The van der Waals surface area contributed by atoms with E-state index in [-0.39, 0.29) is 11.9 Å². The summed E-state index contributed by atoms with van der Waals surface area (Å²) in [6.45, 7) is 2.86. The minimum Gasteiger partial charge on any atom is -0.339 e. The van der Waals surface area contributed by atoms with Gasteiger partial charge in [-0.3, -0.25) is 4.79 Å². The third-order valence-electron chi connectivity index (χ3n) is 3.57. The molecule has 0 saturated carbocycles. The molecule has 1 aromatic rings. The van der Waals surface area contributed by atoms with Gasteiger partial charge in [-0.2, -0.15) is 5.26 Å². The molecule has 0 aromatic heterocycles. The maximum atomic E-state index is 12.3. The summed E-state index contributed by atoms with van der Waals surface area (Å²) in [5.74, 6) is -0.556. The maximum absolute atomic E-state index is 12.3. The van der Waals surface area contributed by atoms with E-state index in [2.05, 4.69) is 13.0 Å². The van der Waals surface area contributed by atoms with E-state index in [9.17, 15) is 10.1 Å². The molecule has 0 aliphatic carbocycles. The number of hydrogen-bond acceptors (Lipinski definition) is 2. The van der Waals surface area contributed by atoms with Crippen molar-refractivity contribution in [1.29, 1.82) is 5.26 Å². The van der Waals surface area contributed by atoms with Crippen LogP contribution in [0.1, 0.15) is 25.3 Å².